The summed E-state index contributed by atoms with van der Waals surface area (Å²) in [6.07, 6.45) is 1.76. The van der Waals surface area contributed by atoms with Crippen molar-refractivity contribution in [1.29, 1.82) is 0 Å². The minimum Gasteiger partial charge on any atom is -0.478 e. The second-order valence-electron chi connectivity index (χ2n) is 7.39. The van der Waals surface area contributed by atoms with Gasteiger partial charge in [0.05, 0.1) is 21.2 Å². The molecule has 3 aromatic rings. The van der Waals surface area contributed by atoms with Crippen LogP contribution in [0.5, 0.6) is 11.5 Å². The number of halogens is 3. The first-order chi connectivity index (χ1) is 15.0. The monoisotopic (exact) mass is 515 g/mol. The van der Waals surface area contributed by atoms with E-state index in [0.29, 0.717) is 46.9 Å². The number of ketones is 1. The molecule has 156 valence electrons. The summed E-state index contributed by atoms with van der Waals surface area (Å²) in [5.41, 5.74) is 3.33. The van der Waals surface area contributed by atoms with Gasteiger partial charge in [0.15, 0.2) is 5.76 Å². The van der Waals surface area contributed by atoms with Crippen molar-refractivity contribution >= 4 is 51.0 Å². The number of rotatable bonds is 3. The van der Waals surface area contributed by atoms with E-state index >= 15 is 0 Å². The van der Waals surface area contributed by atoms with Crippen molar-refractivity contribution in [3.63, 3.8) is 0 Å². The Morgan fingerprint density at radius 1 is 1.06 bits per heavy atom. The molecule has 4 nitrogen and oxygen atoms in total. The van der Waals surface area contributed by atoms with Crippen molar-refractivity contribution in [2.45, 2.75) is 13.1 Å². The molecule has 0 aliphatic carbocycles. The smallest absolute Gasteiger partial charge is 0.231 e. The summed E-state index contributed by atoms with van der Waals surface area (Å²) in [4.78, 5) is 15.1. The van der Waals surface area contributed by atoms with Crippen LogP contribution in [0.1, 0.15) is 27.0 Å². The molecule has 0 saturated heterocycles. The van der Waals surface area contributed by atoms with E-state index in [-0.39, 0.29) is 5.78 Å². The molecule has 3 aromatic carbocycles. The molecule has 7 heteroatoms. The molecule has 0 unspecified atom stereocenters. The summed E-state index contributed by atoms with van der Waals surface area (Å²) in [6, 6.07) is 16.9. The first-order valence-electron chi connectivity index (χ1n) is 9.63. The highest BCUT2D eigenvalue weighted by molar-refractivity contribution is 9.10. The number of benzene rings is 3. The zero-order valence-electron chi connectivity index (χ0n) is 16.2. The molecule has 0 spiro atoms. The van der Waals surface area contributed by atoms with Crippen LogP contribution in [0.3, 0.4) is 0 Å². The number of allylic oxidation sites excluding steroid dienone is 1. The maximum absolute atomic E-state index is 12.9. The highest BCUT2D eigenvalue weighted by atomic mass is 79.9. The van der Waals surface area contributed by atoms with E-state index in [2.05, 4.69) is 20.8 Å². The van der Waals surface area contributed by atoms with Gasteiger partial charge in [-0.15, -0.1) is 0 Å². The van der Waals surface area contributed by atoms with Crippen LogP contribution in [0.2, 0.25) is 10.0 Å². The Morgan fingerprint density at radius 3 is 2.71 bits per heavy atom. The van der Waals surface area contributed by atoms with E-state index in [0.717, 1.165) is 26.9 Å². The molecule has 31 heavy (non-hydrogen) atoms. The van der Waals surface area contributed by atoms with Gasteiger partial charge in [0.25, 0.3) is 0 Å². The first-order valence-corrected chi connectivity index (χ1v) is 11.2. The van der Waals surface area contributed by atoms with E-state index in [1.54, 1.807) is 18.2 Å². The van der Waals surface area contributed by atoms with Crippen molar-refractivity contribution in [3.8, 4) is 11.5 Å². The fraction of sp³-hybridized carbons (Fsp3) is 0.125. The maximum atomic E-state index is 12.9. The molecule has 5 rings (SSSR count). The van der Waals surface area contributed by atoms with Crippen LogP contribution in [0.25, 0.3) is 6.08 Å². The minimum atomic E-state index is -0.129. The Hall–Kier alpha value is -2.31. The van der Waals surface area contributed by atoms with Crippen molar-refractivity contribution in [3.05, 3.63) is 97.1 Å². The quantitative estimate of drug-likeness (QED) is 0.362. The van der Waals surface area contributed by atoms with Crippen LogP contribution in [0.15, 0.2) is 64.8 Å². The molecule has 0 bridgehead atoms. The molecular weight excluding hydrogens is 501 g/mol. The normalized spacial score (nSPS) is 16.6. The fourth-order valence-corrected chi connectivity index (χ4v) is 4.46. The van der Waals surface area contributed by atoms with Crippen LogP contribution in [-0.2, 0) is 13.1 Å². The van der Waals surface area contributed by atoms with Gasteiger partial charge in [0.2, 0.25) is 5.78 Å². The summed E-state index contributed by atoms with van der Waals surface area (Å²) in [5, 5.41) is 1.05. The van der Waals surface area contributed by atoms with Gasteiger partial charge < -0.3 is 9.47 Å². The molecule has 0 aromatic heterocycles. The minimum absolute atomic E-state index is 0.129. The second kappa shape index (κ2) is 8.32. The van der Waals surface area contributed by atoms with Gasteiger partial charge in [-0.3, -0.25) is 9.69 Å². The summed E-state index contributed by atoms with van der Waals surface area (Å²) in [6.45, 7) is 1.65. The predicted octanol–water partition coefficient (Wildman–Crippen LogP) is 6.72. The molecule has 0 atom stereocenters. The largest absolute Gasteiger partial charge is 0.478 e. The third-order valence-corrected chi connectivity index (χ3v) is 6.73. The Balaban J connectivity index is 1.43. The van der Waals surface area contributed by atoms with E-state index < -0.39 is 0 Å². The van der Waals surface area contributed by atoms with Crippen LogP contribution < -0.4 is 9.47 Å². The average molecular weight is 517 g/mol. The second-order valence-corrected chi connectivity index (χ2v) is 9.06. The van der Waals surface area contributed by atoms with Crippen molar-refractivity contribution in [2.24, 2.45) is 0 Å². The number of Topliss-reactive ketones (excluding diaryl/α,β-unsaturated/α-hetero) is 1. The average Bonchev–Trinajstić information content (AvgIpc) is 3.08. The standard InChI is InChI=1S/C24H16BrCl2NO3/c25-18-4-2-1-3-15(18)10-22-23(29)16-6-8-21-17(24(16)31-22)12-28(13-30-21)11-14-5-7-19(26)20(27)9-14/h1-10H,11-13H2/b22-10-. The molecule has 2 aliphatic rings. The number of fused-ring (bicyclic) bond motifs is 3. The lowest BCUT2D eigenvalue weighted by Crippen LogP contribution is -2.31. The zero-order valence-corrected chi connectivity index (χ0v) is 19.3. The summed E-state index contributed by atoms with van der Waals surface area (Å²) < 4.78 is 12.9. The van der Waals surface area contributed by atoms with Crippen molar-refractivity contribution < 1.29 is 14.3 Å². The number of hydrogen-bond donors (Lipinski definition) is 0. The Bertz CT molecular complexity index is 1240. The molecule has 0 radical (unpaired) electrons. The number of hydrogen-bond acceptors (Lipinski definition) is 4. The SMILES string of the molecule is O=C1/C(=C/c2ccccc2Br)Oc2c1ccc1c2CN(Cc2ccc(Cl)c(Cl)c2)CO1. The van der Waals surface area contributed by atoms with Crippen molar-refractivity contribution in [1.82, 2.24) is 4.90 Å². The van der Waals surface area contributed by atoms with Crippen LogP contribution >= 0.6 is 39.1 Å². The lowest BCUT2D eigenvalue weighted by Gasteiger charge is -2.29. The molecule has 2 heterocycles. The van der Waals surface area contributed by atoms with E-state index in [4.69, 9.17) is 32.7 Å². The zero-order chi connectivity index (χ0) is 21.5. The van der Waals surface area contributed by atoms with Gasteiger partial charge in [-0.2, -0.15) is 0 Å². The third kappa shape index (κ3) is 3.99. The highest BCUT2D eigenvalue weighted by Gasteiger charge is 2.33. The topological polar surface area (TPSA) is 38.8 Å². The predicted molar refractivity (Wildman–Crippen MR) is 125 cm³/mol. The Kier molecular flexibility index (Phi) is 5.52. The van der Waals surface area contributed by atoms with Crippen LogP contribution in [0.4, 0.5) is 0 Å². The molecular formula is C24H16BrCl2NO3. The number of nitrogens with zero attached hydrogens (tertiary/aromatic N) is 1. The third-order valence-electron chi connectivity index (χ3n) is 5.26. The van der Waals surface area contributed by atoms with Gasteiger partial charge >= 0.3 is 0 Å². The van der Waals surface area contributed by atoms with Crippen LogP contribution in [-0.4, -0.2) is 17.4 Å². The fourth-order valence-electron chi connectivity index (χ4n) is 3.74. The molecule has 0 amide bonds. The highest BCUT2D eigenvalue weighted by Crippen LogP contribution is 2.42. The van der Waals surface area contributed by atoms with Gasteiger partial charge in [-0.25, -0.2) is 0 Å². The van der Waals surface area contributed by atoms with Gasteiger partial charge in [-0.1, -0.05) is 63.4 Å². The van der Waals surface area contributed by atoms with Gasteiger partial charge in [0.1, 0.15) is 18.2 Å². The molecule has 0 fully saturated rings. The summed E-state index contributed by atoms with van der Waals surface area (Å²) in [7, 11) is 0. The van der Waals surface area contributed by atoms with Crippen molar-refractivity contribution in [2.75, 3.05) is 6.73 Å². The van der Waals surface area contributed by atoms with E-state index in [9.17, 15) is 4.79 Å². The molecule has 0 N–H and O–H groups in total. The van der Waals surface area contributed by atoms with Crippen LogP contribution in [0, 0.1) is 0 Å². The Labute approximate surface area is 198 Å². The summed E-state index contributed by atoms with van der Waals surface area (Å²) >= 11 is 15.7. The lowest BCUT2D eigenvalue weighted by molar-refractivity contribution is 0.0873. The summed E-state index contributed by atoms with van der Waals surface area (Å²) in [5.74, 6) is 1.48. The number of carbonyl (C=O) groups excluding carboxylic acids is 1. The lowest BCUT2D eigenvalue weighted by atomic mass is 10.0. The first kappa shape index (κ1) is 20.6. The van der Waals surface area contributed by atoms with Gasteiger partial charge in [-0.05, 0) is 47.5 Å². The van der Waals surface area contributed by atoms with Gasteiger partial charge in [0, 0.05) is 17.6 Å². The maximum Gasteiger partial charge on any atom is 0.231 e. The van der Waals surface area contributed by atoms with E-state index in [1.807, 2.05) is 42.5 Å². The Morgan fingerprint density at radius 2 is 1.90 bits per heavy atom. The number of ether oxygens (including phenoxy) is 2. The molecule has 0 saturated carbocycles. The number of carbonyl (C=O) groups is 1. The molecule has 2 aliphatic heterocycles. The van der Waals surface area contributed by atoms with E-state index in [1.165, 1.54) is 0 Å².